The highest BCUT2D eigenvalue weighted by atomic mass is 127. The molecule has 2 nitrogen and oxygen atoms in total. The van der Waals surface area contributed by atoms with Crippen LogP contribution < -0.4 is 5.32 Å². The Balaban J connectivity index is 2.68. The van der Waals surface area contributed by atoms with Crippen molar-refractivity contribution in [1.82, 2.24) is 5.32 Å². The molecule has 1 aromatic rings. The molecule has 1 aromatic carbocycles. The van der Waals surface area contributed by atoms with Crippen LogP contribution in [0.1, 0.15) is 27.9 Å². The van der Waals surface area contributed by atoms with Crippen molar-refractivity contribution in [2.45, 2.75) is 20.3 Å². The molecule has 0 saturated carbocycles. The van der Waals surface area contributed by atoms with Gasteiger partial charge >= 0.3 is 0 Å². The highest BCUT2D eigenvalue weighted by molar-refractivity contribution is 14.1. The molecule has 82 valence electrons. The number of hydrogen-bond acceptors (Lipinski definition) is 1. The summed E-state index contributed by atoms with van der Waals surface area (Å²) in [6.45, 7) is 4.73. The number of carbonyl (C=O) groups excluding carboxylic acids is 1. The average Bonchev–Trinajstić information content (AvgIpc) is 2.22. The van der Waals surface area contributed by atoms with Gasteiger partial charge in [0.05, 0.1) is 0 Å². The Morgan fingerprint density at radius 3 is 2.80 bits per heavy atom. The topological polar surface area (TPSA) is 29.1 Å². The summed E-state index contributed by atoms with van der Waals surface area (Å²) in [5, 5.41) is 2.92. The van der Waals surface area contributed by atoms with Crippen LogP contribution in [-0.2, 0) is 0 Å². The van der Waals surface area contributed by atoms with Gasteiger partial charge in [-0.05, 0) is 31.9 Å². The molecule has 0 aliphatic heterocycles. The third-order valence-corrected chi connectivity index (χ3v) is 3.00. The van der Waals surface area contributed by atoms with Crippen LogP contribution in [0, 0.1) is 13.8 Å². The molecular formula is C12H16INO. The first-order chi connectivity index (χ1) is 7.15. The van der Waals surface area contributed by atoms with Crippen molar-refractivity contribution in [3.05, 3.63) is 34.9 Å². The monoisotopic (exact) mass is 317 g/mol. The van der Waals surface area contributed by atoms with Crippen LogP contribution in [0.4, 0.5) is 0 Å². The molecule has 15 heavy (non-hydrogen) atoms. The van der Waals surface area contributed by atoms with E-state index in [-0.39, 0.29) is 5.91 Å². The first-order valence-corrected chi connectivity index (χ1v) is 6.59. The minimum Gasteiger partial charge on any atom is -0.352 e. The van der Waals surface area contributed by atoms with Gasteiger partial charge in [0.15, 0.2) is 0 Å². The zero-order chi connectivity index (χ0) is 11.3. The van der Waals surface area contributed by atoms with E-state index in [2.05, 4.69) is 27.9 Å². The maximum absolute atomic E-state index is 11.8. The van der Waals surface area contributed by atoms with Gasteiger partial charge < -0.3 is 5.32 Å². The average molecular weight is 317 g/mol. The zero-order valence-electron chi connectivity index (χ0n) is 9.14. The minimum absolute atomic E-state index is 0.0426. The second-order valence-corrected chi connectivity index (χ2v) is 4.70. The van der Waals surface area contributed by atoms with Gasteiger partial charge in [-0.3, -0.25) is 4.79 Å². The number of nitrogens with one attached hydrogen (secondary N) is 1. The molecule has 1 amide bonds. The summed E-state index contributed by atoms with van der Waals surface area (Å²) in [6, 6.07) is 5.95. The number of carbonyl (C=O) groups is 1. The van der Waals surface area contributed by atoms with Crippen molar-refractivity contribution in [3.8, 4) is 0 Å². The Morgan fingerprint density at radius 1 is 1.40 bits per heavy atom. The van der Waals surface area contributed by atoms with Crippen molar-refractivity contribution >= 4 is 28.5 Å². The van der Waals surface area contributed by atoms with Crippen LogP contribution in [0.5, 0.6) is 0 Å². The van der Waals surface area contributed by atoms with E-state index in [4.69, 9.17) is 0 Å². The fourth-order valence-corrected chi connectivity index (χ4v) is 1.73. The Morgan fingerprint density at radius 2 is 2.13 bits per heavy atom. The van der Waals surface area contributed by atoms with Gasteiger partial charge in [0.2, 0.25) is 0 Å². The van der Waals surface area contributed by atoms with E-state index in [1.807, 2.05) is 32.0 Å². The molecule has 0 heterocycles. The highest BCUT2D eigenvalue weighted by Gasteiger charge is 2.07. The Bertz CT molecular complexity index is 349. The zero-order valence-corrected chi connectivity index (χ0v) is 11.3. The first-order valence-electron chi connectivity index (χ1n) is 5.06. The highest BCUT2D eigenvalue weighted by Crippen LogP contribution is 2.10. The van der Waals surface area contributed by atoms with E-state index in [0.717, 1.165) is 34.1 Å². The van der Waals surface area contributed by atoms with Crippen LogP contribution >= 0.6 is 22.6 Å². The van der Waals surface area contributed by atoms with Crippen LogP contribution in [0.2, 0.25) is 0 Å². The van der Waals surface area contributed by atoms with E-state index in [9.17, 15) is 4.79 Å². The molecule has 0 spiro atoms. The SMILES string of the molecule is Cc1ccc(C)c(C(=O)NCCCI)c1. The Labute approximate surface area is 105 Å². The van der Waals surface area contributed by atoms with Crippen molar-refractivity contribution in [1.29, 1.82) is 0 Å². The smallest absolute Gasteiger partial charge is 0.251 e. The number of benzene rings is 1. The van der Waals surface area contributed by atoms with Crippen LogP contribution in [-0.4, -0.2) is 16.9 Å². The van der Waals surface area contributed by atoms with Gasteiger partial charge in [-0.1, -0.05) is 40.3 Å². The van der Waals surface area contributed by atoms with Crippen molar-refractivity contribution in [2.75, 3.05) is 11.0 Å². The molecule has 0 radical (unpaired) electrons. The number of amides is 1. The van der Waals surface area contributed by atoms with E-state index in [1.165, 1.54) is 0 Å². The second-order valence-electron chi connectivity index (χ2n) is 3.62. The predicted octanol–water partition coefficient (Wildman–Crippen LogP) is 2.86. The molecule has 0 bridgehead atoms. The molecule has 0 fully saturated rings. The first kappa shape index (κ1) is 12.5. The molecule has 0 aliphatic carbocycles. The molecule has 0 aliphatic rings. The van der Waals surface area contributed by atoms with Gasteiger partial charge in [0, 0.05) is 16.5 Å². The lowest BCUT2D eigenvalue weighted by molar-refractivity contribution is 0.0953. The summed E-state index contributed by atoms with van der Waals surface area (Å²) in [5.74, 6) is 0.0426. The van der Waals surface area contributed by atoms with Gasteiger partial charge in [-0.2, -0.15) is 0 Å². The standard InChI is InChI=1S/C12H16INO/c1-9-4-5-10(2)11(8-9)12(15)14-7-3-6-13/h4-5,8H,3,6-7H2,1-2H3,(H,14,15). The number of halogens is 1. The number of aryl methyl sites for hydroxylation is 2. The largest absolute Gasteiger partial charge is 0.352 e. The van der Waals surface area contributed by atoms with Gasteiger partial charge in [-0.15, -0.1) is 0 Å². The number of rotatable bonds is 4. The molecule has 3 heteroatoms. The Hall–Kier alpha value is -0.580. The Kier molecular flexibility index (Phi) is 5.08. The normalized spacial score (nSPS) is 10.1. The van der Waals surface area contributed by atoms with Gasteiger partial charge in [0.25, 0.3) is 5.91 Å². The lowest BCUT2D eigenvalue weighted by Gasteiger charge is -2.07. The molecule has 0 atom stereocenters. The van der Waals surface area contributed by atoms with Crippen LogP contribution in [0.15, 0.2) is 18.2 Å². The third-order valence-electron chi connectivity index (χ3n) is 2.23. The summed E-state index contributed by atoms with van der Waals surface area (Å²) in [6.07, 6.45) is 1.02. The number of hydrogen-bond donors (Lipinski definition) is 1. The summed E-state index contributed by atoms with van der Waals surface area (Å²) >= 11 is 2.31. The van der Waals surface area contributed by atoms with E-state index < -0.39 is 0 Å². The third kappa shape index (κ3) is 3.81. The minimum atomic E-state index is 0.0426. The molecular weight excluding hydrogens is 301 g/mol. The van der Waals surface area contributed by atoms with Crippen molar-refractivity contribution < 1.29 is 4.79 Å². The fourth-order valence-electron chi connectivity index (χ4n) is 1.34. The summed E-state index contributed by atoms with van der Waals surface area (Å²) in [5.41, 5.74) is 2.95. The second kappa shape index (κ2) is 6.10. The molecule has 1 rings (SSSR count). The molecule has 0 saturated heterocycles. The fraction of sp³-hybridized carbons (Fsp3) is 0.417. The van der Waals surface area contributed by atoms with E-state index in [0.29, 0.717) is 0 Å². The van der Waals surface area contributed by atoms with Gasteiger partial charge in [-0.25, -0.2) is 0 Å². The summed E-state index contributed by atoms with van der Waals surface area (Å²) in [4.78, 5) is 11.8. The maximum Gasteiger partial charge on any atom is 0.251 e. The lowest BCUT2D eigenvalue weighted by atomic mass is 10.1. The summed E-state index contributed by atoms with van der Waals surface area (Å²) in [7, 11) is 0. The maximum atomic E-state index is 11.8. The van der Waals surface area contributed by atoms with Crippen molar-refractivity contribution in [3.63, 3.8) is 0 Å². The molecule has 1 N–H and O–H groups in total. The van der Waals surface area contributed by atoms with Crippen LogP contribution in [0.25, 0.3) is 0 Å². The summed E-state index contributed by atoms with van der Waals surface area (Å²) < 4.78 is 1.07. The van der Waals surface area contributed by atoms with Gasteiger partial charge in [0.1, 0.15) is 0 Å². The number of alkyl halides is 1. The van der Waals surface area contributed by atoms with E-state index >= 15 is 0 Å². The molecule has 0 aromatic heterocycles. The van der Waals surface area contributed by atoms with Crippen LogP contribution in [0.3, 0.4) is 0 Å². The molecule has 0 unspecified atom stereocenters. The van der Waals surface area contributed by atoms with E-state index in [1.54, 1.807) is 0 Å². The predicted molar refractivity (Wildman–Crippen MR) is 71.8 cm³/mol. The quantitative estimate of drug-likeness (QED) is 0.516. The lowest BCUT2D eigenvalue weighted by Crippen LogP contribution is -2.25. The van der Waals surface area contributed by atoms with Crippen molar-refractivity contribution in [2.24, 2.45) is 0 Å².